The van der Waals surface area contributed by atoms with Crippen LogP contribution in [0.3, 0.4) is 0 Å². The maximum Gasteiger partial charge on any atom is 0.864 e. The van der Waals surface area contributed by atoms with Crippen molar-refractivity contribution in [2.45, 2.75) is 40.0 Å². The summed E-state index contributed by atoms with van der Waals surface area (Å²) >= 11 is 0. The lowest BCUT2D eigenvalue weighted by Gasteiger charge is -2.17. The van der Waals surface area contributed by atoms with Crippen molar-refractivity contribution in [1.29, 1.82) is 0 Å². The first-order valence-electron chi connectivity index (χ1n) is 11.9. The smallest absolute Gasteiger partial charge is 0.494 e. The largest absolute Gasteiger partial charge is 0.864 e. The van der Waals surface area contributed by atoms with Gasteiger partial charge in [-0.15, -0.1) is 0 Å². The second kappa shape index (κ2) is 13.9. The van der Waals surface area contributed by atoms with E-state index in [4.69, 9.17) is 28.2 Å². The van der Waals surface area contributed by atoms with Gasteiger partial charge in [-0.1, -0.05) is 20.8 Å². The second-order valence-electron chi connectivity index (χ2n) is 7.60. The molecule has 0 aliphatic carbocycles. The molecule has 0 unspecified atom stereocenters. The first-order chi connectivity index (χ1) is 16.7. The lowest BCUT2D eigenvalue weighted by Crippen LogP contribution is -2.36. The van der Waals surface area contributed by atoms with Gasteiger partial charge < -0.3 is 28.2 Å². The fourth-order valence-electron chi connectivity index (χ4n) is 2.91. The molecule has 34 heavy (non-hydrogen) atoms. The quantitative estimate of drug-likeness (QED) is 0.237. The Morgan fingerprint density at radius 1 is 0.412 bits per heavy atom. The lowest BCUT2D eigenvalue weighted by atomic mass is 10.2. The molecule has 3 aromatic carbocycles. The van der Waals surface area contributed by atoms with Crippen molar-refractivity contribution in [3.63, 3.8) is 0 Å². The molecule has 0 heterocycles. The highest BCUT2D eigenvalue weighted by Gasteiger charge is 2.30. The third kappa shape index (κ3) is 8.47. The molecule has 0 radical (unpaired) electrons. The number of ether oxygens (including phenoxy) is 3. The molecule has 0 saturated carbocycles. The Labute approximate surface area is 202 Å². The van der Waals surface area contributed by atoms with Crippen LogP contribution >= 0.6 is 0 Å². The average Bonchev–Trinajstić information content (AvgIpc) is 2.87. The van der Waals surface area contributed by atoms with Crippen molar-refractivity contribution in [2.75, 3.05) is 19.8 Å². The molecular weight excluding hydrogens is 431 g/mol. The van der Waals surface area contributed by atoms with Crippen LogP contribution in [0, 0.1) is 0 Å². The van der Waals surface area contributed by atoms with Crippen molar-refractivity contribution in [2.24, 2.45) is 0 Å². The van der Waals surface area contributed by atoms with E-state index < -0.39 is 7.32 Å². The minimum Gasteiger partial charge on any atom is -0.494 e. The Bertz CT molecular complexity index is 817. The first kappa shape index (κ1) is 25.2. The Balaban J connectivity index is 1.69. The average molecular weight is 464 g/mol. The summed E-state index contributed by atoms with van der Waals surface area (Å²) in [6, 6.07) is 22.1. The zero-order valence-corrected chi connectivity index (χ0v) is 20.2. The van der Waals surface area contributed by atoms with Crippen LogP contribution in [-0.2, 0) is 0 Å². The predicted octanol–water partition coefficient (Wildman–Crippen LogP) is 6.57. The maximum atomic E-state index is 6.01. The molecule has 3 aromatic rings. The van der Waals surface area contributed by atoms with Gasteiger partial charge in [-0.25, -0.2) is 0 Å². The summed E-state index contributed by atoms with van der Waals surface area (Å²) in [7, 11) is -1.01. The van der Waals surface area contributed by atoms with Gasteiger partial charge in [-0.2, -0.15) is 0 Å². The molecule has 0 amide bonds. The minimum absolute atomic E-state index is 0.597. The molecule has 0 aliphatic rings. The summed E-state index contributed by atoms with van der Waals surface area (Å²) in [6.07, 6.45) is 2.85. The maximum absolute atomic E-state index is 6.01. The van der Waals surface area contributed by atoms with E-state index in [9.17, 15) is 0 Å². The summed E-state index contributed by atoms with van der Waals surface area (Å²) in [5, 5.41) is 0. The lowest BCUT2D eigenvalue weighted by molar-refractivity contribution is 0.301. The standard InChI is InChI=1S/C27H33BO6/c1-4-19-29-22-7-13-25(14-8-22)32-28(33-26-15-9-23(10-16-26)30-20-5-2)34-27-17-11-24(12-18-27)31-21-6-3/h7-18H,4-6,19-21H2,1-3H3. The Kier molecular flexibility index (Phi) is 10.3. The van der Waals surface area contributed by atoms with Gasteiger partial charge in [0.15, 0.2) is 0 Å². The third-order valence-corrected chi connectivity index (χ3v) is 4.59. The fraction of sp³-hybridized carbons (Fsp3) is 0.333. The summed E-state index contributed by atoms with van der Waals surface area (Å²) in [5.74, 6) is 4.16. The number of hydrogen-bond donors (Lipinski definition) is 0. The van der Waals surface area contributed by atoms with Gasteiger partial charge in [-0.05, 0) is 92.1 Å². The number of benzene rings is 3. The Morgan fingerprint density at radius 2 is 0.647 bits per heavy atom. The van der Waals surface area contributed by atoms with E-state index in [0.29, 0.717) is 37.1 Å². The van der Waals surface area contributed by atoms with E-state index in [1.165, 1.54) is 0 Å². The molecule has 0 fully saturated rings. The molecule has 6 nitrogen and oxygen atoms in total. The molecule has 0 aromatic heterocycles. The highest BCUT2D eigenvalue weighted by Crippen LogP contribution is 2.24. The van der Waals surface area contributed by atoms with Gasteiger partial charge in [0.2, 0.25) is 0 Å². The first-order valence-corrected chi connectivity index (χ1v) is 11.9. The monoisotopic (exact) mass is 464 g/mol. The van der Waals surface area contributed by atoms with Crippen LogP contribution in [0.15, 0.2) is 72.8 Å². The molecule has 7 heteroatoms. The highest BCUT2D eigenvalue weighted by atomic mass is 16.7. The molecule has 180 valence electrons. The van der Waals surface area contributed by atoms with Gasteiger partial charge >= 0.3 is 7.32 Å². The van der Waals surface area contributed by atoms with Crippen molar-refractivity contribution in [1.82, 2.24) is 0 Å². The molecule has 0 atom stereocenters. The van der Waals surface area contributed by atoms with E-state index in [1.807, 2.05) is 72.8 Å². The van der Waals surface area contributed by atoms with E-state index >= 15 is 0 Å². The summed E-state index contributed by atoms with van der Waals surface area (Å²) in [4.78, 5) is 0. The zero-order valence-electron chi connectivity index (χ0n) is 20.2. The van der Waals surface area contributed by atoms with Gasteiger partial charge in [-0.3, -0.25) is 0 Å². The normalized spacial score (nSPS) is 10.3. The molecule has 0 aliphatic heterocycles. The predicted molar refractivity (Wildman–Crippen MR) is 134 cm³/mol. The van der Waals surface area contributed by atoms with Crippen molar-refractivity contribution in [3.05, 3.63) is 72.8 Å². The van der Waals surface area contributed by atoms with Gasteiger partial charge in [0.25, 0.3) is 0 Å². The molecule has 3 rings (SSSR count). The topological polar surface area (TPSA) is 55.4 Å². The highest BCUT2D eigenvalue weighted by molar-refractivity contribution is 6.39. The van der Waals surface area contributed by atoms with Crippen LogP contribution in [0.1, 0.15) is 40.0 Å². The van der Waals surface area contributed by atoms with Crippen LogP contribution < -0.4 is 28.2 Å². The van der Waals surface area contributed by atoms with Crippen LogP contribution in [0.5, 0.6) is 34.5 Å². The van der Waals surface area contributed by atoms with E-state index in [2.05, 4.69) is 20.8 Å². The Morgan fingerprint density at radius 3 is 0.882 bits per heavy atom. The van der Waals surface area contributed by atoms with Crippen molar-refractivity contribution >= 4 is 7.32 Å². The molecule has 0 N–H and O–H groups in total. The third-order valence-electron chi connectivity index (χ3n) is 4.59. The van der Waals surface area contributed by atoms with Crippen LogP contribution in [0.2, 0.25) is 0 Å². The van der Waals surface area contributed by atoms with Crippen LogP contribution in [-0.4, -0.2) is 27.1 Å². The van der Waals surface area contributed by atoms with Crippen molar-refractivity contribution < 1.29 is 28.2 Å². The van der Waals surface area contributed by atoms with Gasteiger partial charge in [0.05, 0.1) is 19.8 Å². The molecular formula is C27H33BO6. The van der Waals surface area contributed by atoms with Crippen LogP contribution in [0.25, 0.3) is 0 Å². The van der Waals surface area contributed by atoms with Crippen LogP contribution in [0.4, 0.5) is 0 Å². The minimum atomic E-state index is -1.01. The van der Waals surface area contributed by atoms with E-state index in [-0.39, 0.29) is 0 Å². The summed E-state index contributed by atoms with van der Waals surface area (Å²) < 4.78 is 35.0. The van der Waals surface area contributed by atoms with Gasteiger partial charge in [0, 0.05) is 0 Å². The Hall–Kier alpha value is -3.48. The van der Waals surface area contributed by atoms with E-state index in [1.54, 1.807) is 0 Å². The summed E-state index contributed by atoms with van der Waals surface area (Å²) in [5.41, 5.74) is 0. The fourth-order valence-corrected chi connectivity index (χ4v) is 2.91. The van der Waals surface area contributed by atoms with E-state index in [0.717, 1.165) is 36.5 Å². The van der Waals surface area contributed by atoms with Gasteiger partial charge in [0.1, 0.15) is 34.5 Å². The van der Waals surface area contributed by atoms with Crippen molar-refractivity contribution in [3.8, 4) is 34.5 Å². The molecule has 0 saturated heterocycles. The second-order valence-corrected chi connectivity index (χ2v) is 7.60. The SMILES string of the molecule is CCCOc1ccc(OB(Oc2ccc(OCCC)cc2)Oc2ccc(OCCC)cc2)cc1. The molecule has 0 spiro atoms. The summed E-state index contributed by atoms with van der Waals surface area (Å²) in [6.45, 7) is 8.23. The molecule has 0 bridgehead atoms. The number of hydrogen-bond acceptors (Lipinski definition) is 6. The zero-order chi connectivity index (χ0) is 24.0. The number of rotatable bonds is 15.